The number of benzene rings is 2. The first kappa shape index (κ1) is 18.1. The predicted octanol–water partition coefficient (Wildman–Crippen LogP) is 4.91. The van der Waals surface area contributed by atoms with Gasteiger partial charge in [0.25, 0.3) is 0 Å². The average Bonchev–Trinajstić information content (AvgIpc) is 3.16. The van der Waals surface area contributed by atoms with E-state index in [1.165, 1.54) is 16.7 Å². The maximum Gasteiger partial charge on any atom is 0.0960 e. The number of nitrogens with zero attached hydrogens (tertiary/aromatic N) is 2. The highest BCUT2D eigenvalue weighted by atomic mass is 15.1. The third kappa shape index (κ3) is 3.04. The van der Waals surface area contributed by atoms with Crippen LogP contribution in [0.5, 0.6) is 0 Å². The van der Waals surface area contributed by atoms with E-state index < -0.39 is 0 Å². The second-order valence-electron chi connectivity index (χ2n) is 8.18. The summed E-state index contributed by atoms with van der Waals surface area (Å²) in [6.07, 6.45) is 4.07. The van der Waals surface area contributed by atoms with Crippen LogP contribution in [0, 0.1) is 13.8 Å². The van der Waals surface area contributed by atoms with Gasteiger partial charge in [-0.1, -0.05) is 54.1 Å². The van der Waals surface area contributed by atoms with Crippen molar-refractivity contribution in [1.82, 2.24) is 20.5 Å². The second kappa shape index (κ2) is 7.12. The number of rotatable bonds is 3. The van der Waals surface area contributed by atoms with Crippen LogP contribution in [0.3, 0.4) is 0 Å². The van der Waals surface area contributed by atoms with Crippen LogP contribution in [0.15, 0.2) is 60.8 Å². The molecule has 5 rings (SSSR count). The molecule has 0 aliphatic carbocycles. The molecule has 146 valence electrons. The summed E-state index contributed by atoms with van der Waals surface area (Å²) in [4.78, 5) is 4.67. The van der Waals surface area contributed by atoms with Crippen molar-refractivity contribution in [3.63, 3.8) is 0 Å². The van der Waals surface area contributed by atoms with E-state index in [0.717, 1.165) is 53.8 Å². The largest absolute Gasteiger partial charge is 0.317 e. The Morgan fingerprint density at radius 1 is 0.828 bits per heavy atom. The van der Waals surface area contributed by atoms with Gasteiger partial charge in [0.15, 0.2) is 0 Å². The van der Waals surface area contributed by atoms with Crippen LogP contribution in [-0.4, -0.2) is 28.3 Å². The maximum absolute atomic E-state index is 4.67. The Labute approximate surface area is 171 Å². The normalized spacial score (nSPS) is 16.2. The van der Waals surface area contributed by atoms with Gasteiger partial charge in [-0.3, -0.25) is 10.1 Å². The molecule has 0 unspecified atom stereocenters. The van der Waals surface area contributed by atoms with E-state index in [0.29, 0.717) is 0 Å². The molecule has 2 aromatic heterocycles. The van der Waals surface area contributed by atoms with Gasteiger partial charge in [-0.15, -0.1) is 0 Å². The highest BCUT2D eigenvalue weighted by Gasteiger charge is 2.35. The molecular formula is C25H26N4. The fourth-order valence-corrected chi connectivity index (χ4v) is 4.75. The topological polar surface area (TPSA) is 53.6 Å². The first-order chi connectivity index (χ1) is 14.2. The summed E-state index contributed by atoms with van der Waals surface area (Å²) in [7, 11) is 0. The number of H-pyrrole nitrogens is 1. The number of pyridine rings is 1. The standard InChI is InChI=1S/C25H26N4/c1-17-3-7-20(8-4-17)25(12-15-26-16-13-25)21-9-5-19(6-10-21)24-23-18(2)28-29-22(23)11-14-27-24/h3-11,14,26H,12-13,15-16H2,1-2H3,(H,28,29). The number of hydrogen-bond donors (Lipinski definition) is 2. The summed E-state index contributed by atoms with van der Waals surface area (Å²) in [6, 6.07) is 20.1. The highest BCUT2D eigenvalue weighted by Crippen LogP contribution is 2.41. The molecule has 1 saturated heterocycles. The van der Waals surface area contributed by atoms with Crippen LogP contribution in [0.4, 0.5) is 0 Å². The van der Waals surface area contributed by atoms with Gasteiger partial charge in [0.05, 0.1) is 11.2 Å². The van der Waals surface area contributed by atoms with Crippen LogP contribution in [0.2, 0.25) is 0 Å². The van der Waals surface area contributed by atoms with E-state index in [-0.39, 0.29) is 5.41 Å². The number of hydrogen-bond acceptors (Lipinski definition) is 3. The van der Waals surface area contributed by atoms with Crippen molar-refractivity contribution in [2.24, 2.45) is 0 Å². The van der Waals surface area contributed by atoms with E-state index in [1.54, 1.807) is 0 Å². The summed E-state index contributed by atoms with van der Waals surface area (Å²) in [5.41, 5.74) is 8.34. The molecule has 2 N–H and O–H groups in total. The number of aromatic nitrogens is 3. The average molecular weight is 383 g/mol. The molecule has 3 heterocycles. The molecule has 4 nitrogen and oxygen atoms in total. The summed E-state index contributed by atoms with van der Waals surface area (Å²) >= 11 is 0. The fourth-order valence-electron chi connectivity index (χ4n) is 4.75. The van der Waals surface area contributed by atoms with Gasteiger partial charge in [0, 0.05) is 28.3 Å². The van der Waals surface area contributed by atoms with Crippen LogP contribution in [-0.2, 0) is 5.41 Å². The highest BCUT2D eigenvalue weighted by molar-refractivity contribution is 5.94. The molecule has 0 amide bonds. The van der Waals surface area contributed by atoms with Gasteiger partial charge in [-0.25, -0.2) is 0 Å². The maximum atomic E-state index is 4.67. The lowest BCUT2D eigenvalue weighted by Gasteiger charge is -2.39. The summed E-state index contributed by atoms with van der Waals surface area (Å²) in [6.45, 7) is 6.30. The Kier molecular flexibility index (Phi) is 4.44. The van der Waals surface area contributed by atoms with Crippen molar-refractivity contribution >= 4 is 10.9 Å². The summed E-state index contributed by atoms with van der Waals surface area (Å²) in [5, 5.41) is 12.1. The van der Waals surface area contributed by atoms with Crippen molar-refractivity contribution in [1.29, 1.82) is 0 Å². The van der Waals surface area contributed by atoms with Gasteiger partial charge in [0.1, 0.15) is 0 Å². The van der Waals surface area contributed by atoms with Crippen LogP contribution < -0.4 is 5.32 Å². The van der Waals surface area contributed by atoms with Crippen molar-refractivity contribution in [2.45, 2.75) is 32.1 Å². The third-order valence-corrected chi connectivity index (χ3v) is 6.42. The molecule has 1 fully saturated rings. The molecule has 0 bridgehead atoms. The molecule has 2 aromatic carbocycles. The number of aryl methyl sites for hydroxylation is 2. The minimum absolute atomic E-state index is 0.0719. The smallest absolute Gasteiger partial charge is 0.0960 e. The number of nitrogens with one attached hydrogen (secondary N) is 2. The molecule has 4 heteroatoms. The SMILES string of the molecule is Cc1ccc(C2(c3ccc(-c4nccc5n[nH]c(C)c45)cc3)CCNCC2)cc1. The van der Waals surface area contributed by atoms with E-state index in [2.05, 4.69) is 82.9 Å². The van der Waals surface area contributed by atoms with Gasteiger partial charge in [-0.05, 0) is 57.0 Å². The lowest BCUT2D eigenvalue weighted by Crippen LogP contribution is -2.40. The second-order valence-corrected chi connectivity index (χ2v) is 8.18. The molecule has 1 aliphatic heterocycles. The molecule has 4 aromatic rings. The van der Waals surface area contributed by atoms with E-state index in [1.807, 2.05) is 12.3 Å². The van der Waals surface area contributed by atoms with E-state index in [4.69, 9.17) is 0 Å². The van der Waals surface area contributed by atoms with E-state index in [9.17, 15) is 0 Å². The fraction of sp³-hybridized carbons (Fsp3) is 0.280. The lowest BCUT2D eigenvalue weighted by molar-refractivity contribution is 0.362. The minimum atomic E-state index is 0.0719. The predicted molar refractivity (Wildman–Crippen MR) is 118 cm³/mol. The molecule has 0 saturated carbocycles. The molecule has 0 radical (unpaired) electrons. The zero-order chi connectivity index (χ0) is 19.8. The van der Waals surface area contributed by atoms with Crippen molar-refractivity contribution in [2.75, 3.05) is 13.1 Å². The summed E-state index contributed by atoms with van der Waals surface area (Å²) < 4.78 is 0. The van der Waals surface area contributed by atoms with Gasteiger partial charge >= 0.3 is 0 Å². The number of aromatic amines is 1. The summed E-state index contributed by atoms with van der Waals surface area (Å²) in [5.74, 6) is 0. The van der Waals surface area contributed by atoms with Crippen LogP contribution in [0.1, 0.15) is 35.2 Å². The van der Waals surface area contributed by atoms with E-state index >= 15 is 0 Å². The molecular weight excluding hydrogens is 356 g/mol. The third-order valence-electron chi connectivity index (χ3n) is 6.42. The van der Waals surface area contributed by atoms with Crippen LogP contribution >= 0.6 is 0 Å². The van der Waals surface area contributed by atoms with Crippen molar-refractivity contribution < 1.29 is 0 Å². The Bertz CT molecular complexity index is 1130. The Morgan fingerprint density at radius 3 is 2.17 bits per heavy atom. The quantitative estimate of drug-likeness (QED) is 0.529. The molecule has 0 atom stereocenters. The van der Waals surface area contributed by atoms with Crippen molar-refractivity contribution in [3.8, 4) is 11.3 Å². The van der Waals surface area contributed by atoms with Crippen molar-refractivity contribution in [3.05, 3.63) is 83.2 Å². The van der Waals surface area contributed by atoms with Gasteiger partial charge in [0.2, 0.25) is 0 Å². The van der Waals surface area contributed by atoms with Gasteiger partial charge < -0.3 is 5.32 Å². The minimum Gasteiger partial charge on any atom is -0.317 e. The molecule has 1 aliphatic rings. The lowest BCUT2D eigenvalue weighted by atomic mass is 9.68. The Balaban J connectivity index is 1.59. The zero-order valence-corrected chi connectivity index (χ0v) is 17.0. The molecule has 0 spiro atoms. The Hall–Kier alpha value is -2.98. The van der Waals surface area contributed by atoms with Crippen LogP contribution in [0.25, 0.3) is 22.2 Å². The first-order valence-electron chi connectivity index (χ1n) is 10.4. The zero-order valence-electron chi connectivity index (χ0n) is 17.0. The number of fused-ring (bicyclic) bond motifs is 1. The van der Waals surface area contributed by atoms with Gasteiger partial charge in [-0.2, -0.15) is 5.10 Å². The molecule has 29 heavy (non-hydrogen) atoms. The first-order valence-corrected chi connectivity index (χ1v) is 10.4. The monoisotopic (exact) mass is 382 g/mol. The Morgan fingerprint density at radius 2 is 1.48 bits per heavy atom. The number of piperidine rings is 1.